The standard InChI is InChI=1S/C24H20N2O2/c27-21(25-20-14-8-3-9-15-20)16-17-22-26-23(18-10-4-1-5-11-18)24(28-22)19-12-6-2-7-13-19/h1-15H,16-17H2,(H,25,27). The number of oxazole rings is 1. The molecule has 1 N–H and O–H groups in total. The number of carbonyl (C=O) groups is 1. The number of aromatic nitrogens is 1. The van der Waals surface area contributed by atoms with Gasteiger partial charge in [-0.1, -0.05) is 78.9 Å². The van der Waals surface area contributed by atoms with Crippen molar-refractivity contribution in [2.45, 2.75) is 12.8 Å². The van der Waals surface area contributed by atoms with Crippen molar-refractivity contribution in [1.29, 1.82) is 0 Å². The number of hydrogen-bond acceptors (Lipinski definition) is 3. The smallest absolute Gasteiger partial charge is 0.224 e. The lowest BCUT2D eigenvalue weighted by atomic mass is 10.1. The molecule has 0 atom stereocenters. The molecule has 0 radical (unpaired) electrons. The first-order valence-corrected chi connectivity index (χ1v) is 9.25. The molecule has 4 rings (SSSR count). The summed E-state index contributed by atoms with van der Waals surface area (Å²) in [4.78, 5) is 16.9. The largest absolute Gasteiger partial charge is 0.440 e. The normalized spacial score (nSPS) is 10.6. The zero-order valence-corrected chi connectivity index (χ0v) is 15.3. The zero-order chi connectivity index (χ0) is 19.2. The van der Waals surface area contributed by atoms with Crippen LogP contribution in [0.15, 0.2) is 95.4 Å². The molecule has 138 valence electrons. The fraction of sp³-hybridized carbons (Fsp3) is 0.0833. The van der Waals surface area contributed by atoms with Gasteiger partial charge in [0.2, 0.25) is 5.91 Å². The van der Waals surface area contributed by atoms with Crippen LogP contribution in [-0.2, 0) is 11.2 Å². The van der Waals surface area contributed by atoms with Crippen molar-refractivity contribution in [2.24, 2.45) is 0 Å². The summed E-state index contributed by atoms with van der Waals surface area (Å²) in [6.07, 6.45) is 0.739. The third kappa shape index (κ3) is 4.18. The van der Waals surface area contributed by atoms with Crippen molar-refractivity contribution >= 4 is 11.6 Å². The molecular weight excluding hydrogens is 348 g/mol. The van der Waals surface area contributed by atoms with Gasteiger partial charge in [0.25, 0.3) is 0 Å². The zero-order valence-electron chi connectivity index (χ0n) is 15.3. The molecule has 1 aromatic heterocycles. The second-order valence-electron chi connectivity index (χ2n) is 6.43. The van der Waals surface area contributed by atoms with Crippen LogP contribution >= 0.6 is 0 Å². The Hall–Kier alpha value is -3.66. The number of carbonyl (C=O) groups excluding carboxylic acids is 1. The first-order chi connectivity index (χ1) is 13.8. The molecule has 28 heavy (non-hydrogen) atoms. The molecule has 0 aliphatic rings. The van der Waals surface area contributed by atoms with Crippen molar-refractivity contribution < 1.29 is 9.21 Å². The van der Waals surface area contributed by atoms with Gasteiger partial charge in [-0.25, -0.2) is 4.98 Å². The number of benzene rings is 3. The molecule has 3 aromatic carbocycles. The van der Waals surface area contributed by atoms with Gasteiger partial charge in [0.15, 0.2) is 11.7 Å². The van der Waals surface area contributed by atoms with Crippen molar-refractivity contribution in [2.75, 3.05) is 5.32 Å². The number of para-hydroxylation sites is 1. The van der Waals surface area contributed by atoms with Gasteiger partial charge in [0.1, 0.15) is 5.69 Å². The van der Waals surface area contributed by atoms with Crippen LogP contribution in [0.25, 0.3) is 22.6 Å². The molecule has 4 nitrogen and oxygen atoms in total. The Labute approximate surface area is 163 Å². The number of hydrogen-bond donors (Lipinski definition) is 1. The van der Waals surface area contributed by atoms with Crippen molar-refractivity contribution in [1.82, 2.24) is 4.98 Å². The molecule has 0 fully saturated rings. The minimum absolute atomic E-state index is 0.0630. The Morgan fingerprint density at radius 2 is 1.36 bits per heavy atom. The molecule has 0 bridgehead atoms. The topological polar surface area (TPSA) is 55.1 Å². The van der Waals surface area contributed by atoms with Crippen molar-refractivity contribution in [3.8, 4) is 22.6 Å². The van der Waals surface area contributed by atoms with E-state index in [1.807, 2.05) is 91.0 Å². The summed E-state index contributed by atoms with van der Waals surface area (Å²) in [5.41, 5.74) is 3.54. The maximum atomic E-state index is 12.2. The summed E-state index contributed by atoms with van der Waals surface area (Å²) in [6, 6.07) is 29.3. The molecule has 0 saturated heterocycles. The summed E-state index contributed by atoms with van der Waals surface area (Å²) in [5.74, 6) is 1.22. The summed E-state index contributed by atoms with van der Waals surface area (Å²) in [5, 5.41) is 2.89. The minimum Gasteiger partial charge on any atom is -0.440 e. The first kappa shape index (κ1) is 17.7. The monoisotopic (exact) mass is 368 g/mol. The molecule has 0 aliphatic heterocycles. The Kier molecular flexibility index (Phi) is 5.29. The quantitative estimate of drug-likeness (QED) is 0.483. The maximum absolute atomic E-state index is 12.2. The van der Waals surface area contributed by atoms with E-state index >= 15 is 0 Å². The average Bonchev–Trinajstić information content (AvgIpc) is 3.19. The van der Waals surface area contributed by atoms with E-state index in [1.165, 1.54) is 0 Å². The number of anilines is 1. The Bertz CT molecular complexity index is 985. The lowest BCUT2D eigenvalue weighted by molar-refractivity contribution is -0.116. The predicted octanol–water partition coefficient (Wildman–Crippen LogP) is 5.58. The van der Waals surface area contributed by atoms with Gasteiger partial charge in [-0.3, -0.25) is 4.79 Å². The summed E-state index contributed by atoms with van der Waals surface area (Å²) in [7, 11) is 0. The van der Waals surface area contributed by atoms with Crippen molar-refractivity contribution in [3.63, 3.8) is 0 Å². The highest BCUT2D eigenvalue weighted by Gasteiger charge is 2.17. The lowest BCUT2D eigenvalue weighted by Crippen LogP contribution is -2.12. The summed E-state index contributed by atoms with van der Waals surface area (Å²) in [6.45, 7) is 0. The van der Waals surface area contributed by atoms with Gasteiger partial charge in [0.05, 0.1) is 0 Å². The van der Waals surface area contributed by atoms with Gasteiger partial charge >= 0.3 is 0 Å². The molecule has 4 aromatic rings. The van der Waals surface area contributed by atoms with Crippen molar-refractivity contribution in [3.05, 3.63) is 96.9 Å². The fourth-order valence-corrected chi connectivity index (χ4v) is 3.01. The lowest BCUT2D eigenvalue weighted by Gasteiger charge is -2.03. The van der Waals surface area contributed by atoms with Crippen LogP contribution in [0, 0.1) is 0 Å². The van der Waals surface area contributed by atoms with Gasteiger partial charge in [0, 0.05) is 29.7 Å². The molecule has 1 amide bonds. The highest BCUT2D eigenvalue weighted by molar-refractivity contribution is 5.90. The predicted molar refractivity (Wildman–Crippen MR) is 111 cm³/mol. The number of amides is 1. The van der Waals surface area contributed by atoms with E-state index in [0.29, 0.717) is 18.7 Å². The van der Waals surface area contributed by atoms with Crippen LogP contribution in [0.1, 0.15) is 12.3 Å². The molecule has 4 heteroatoms. The molecule has 0 unspecified atom stereocenters. The van der Waals surface area contributed by atoms with E-state index in [4.69, 9.17) is 4.42 Å². The fourth-order valence-electron chi connectivity index (χ4n) is 3.01. The van der Waals surface area contributed by atoms with Crippen LogP contribution in [0.3, 0.4) is 0 Å². The van der Waals surface area contributed by atoms with Crippen LogP contribution in [-0.4, -0.2) is 10.9 Å². The van der Waals surface area contributed by atoms with E-state index in [1.54, 1.807) is 0 Å². The van der Waals surface area contributed by atoms with Gasteiger partial charge in [-0.15, -0.1) is 0 Å². The van der Waals surface area contributed by atoms with Gasteiger partial charge in [-0.2, -0.15) is 0 Å². The highest BCUT2D eigenvalue weighted by atomic mass is 16.4. The molecular formula is C24H20N2O2. The third-order valence-corrected chi connectivity index (χ3v) is 4.38. The molecule has 1 heterocycles. The SMILES string of the molecule is O=C(CCc1nc(-c2ccccc2)c(-c2ccccc2)o1)Nc1ccccc1. The second kappa shape index (κ2) is 8.35. The van der Waals surface area contributed by atoms with Crippen LogP contribution < -0.4 is 5.32 Å². The van der Waals surface area contributed by atoms with E-state index in [2.05, 4.69) is 10.3 Å². The number of nitrogens with one attached hydrogen (secondary N) is 1. The van der Waals surface area contributed by atoms with Crippen LogP contribution in [0.5, 0.6) is 0 Å². The summed E-state index contributed by atoms with van der Waals surface area (Å²) < 4.78 is 6.06. The minimum atomic E-state index is -0.0630. The van der Waals surface area contributed by atoms with E-state index < -0.39 is 0 Å². The third-order valence-electron chi connectivity index (χ3n) is 4.38. The van der Waals surface area contributed by atoms with E-state index in [-0.39, 0.29) is 5.91 Å². The average molecular weight is 368 g/mol. The maximum Gasteiger partial charge on any atom is 0.224 e. The van der Waals surface area contributed by atoms with Gasteiger partial charge < -0.3 is 9.73 Å². The molecule has 0 spiro atoms. The number of nitrogens with zero attached hydrogens (tertiary/aromatic N) is 1. The van der Waals surface area contributed by atoms with Gasteiger partial charge in [-0.05, 0) is 12.1 Å². The Morgan fingerprint density at radius 1 is 0.786 bits per heavy atom. The number of aryl methyl sites for hydroxylation is 1. The summed E-state index contributed by atoms with van der Waals surface area (Å²) >= 11 is 0. The van der Waals surface area contributed by atoms with Crippen LogP contribution in [0.2, 0.25) is 0 Å². The molecule has 0 saturated carbocycles. The Balaban J connectivity index is 1.55. The first-order valence-electron chi connectivity index (χ1n) is 9.25. The molecule has 0 aliphatic carbocycles. The van der Waals surface area contributed by atoms with E-state index in [9.17, 15) is 4.79 Å². The Morgan fingerprint density at radius 3 is 2.00 bits per heavy atom. The van der Waals surface area contributed by atoms with Crippen LogP contribution in [0.4, 0.5) is 5.69 Å². The number of rotatable bonds is 6. The highest BCUT2D eigenvalue weighted by Crippen LogP contribution is 2.32. The van der Waals surface area contributed by atoms with E-state index in [0.717, 1.165) is 28.3 Å². The second-order valence-corrected chi connectivity index (χ2v) is 6.43.